The maximum atomic E-state index is 10.0. The summed E-state index contributed by atoms with van der Waals surface area (Å²) in [6.07, 6.45) is 1.28. The van der Waals surface area contributed by atoms with Crippen molar-refractivity contribution in [3.63, 3.8) is 0 Å². The topological polar surface area (TPSA) is 29.5 Å². The molecule has 1 N–H and O–H groups in total. The van der Waals surface area contributed by atoms with Crippen molar-refractivity contribution in [2.24, 2.45) is 5.92 Å². The van der Waals surface area contributed by atoms with Crippen molar-refractivity contribution in [2.75, 3.05) is 6.61 Å². The van der Waals surface area contributed by atoms with Gasteiger partial charge in [0.05, 0.1) is 16.5 Å². The number of thiophene rings is 1. The molecule has 1 aromatic heterocycles. The fourth-order valence-corrected chi connectivity index (χ4v) is 3.13. The summed E-state index contributed by atoms with van der Waals surface area (Å²) in [7, 11) is 0. The highest BCUT2D eigenvalue weighted by molar-refractivity contribution is 7.16. The molecule has 2 nitrogen and oxygen atoms in total. The summed E-state index contributed by atoms with van der Waals surface area (Å²) in [6, 6.07) is 3.84. The highest BCUT2D eigenvalue weighted by atomic mass is 35.5. The van der Waals surface area contributed by atoms with E-state index in [1.165, 1.54) is 11.3 Å². The fraction of sp³-hybridized carbons (Fsp3) is 0.636. The molecule has 1 aromatic rings. The minimum atomic E-state index is -0.405. The van der Waals surface area contributed by atoms with Crippen LogP contribution < -0.4 is 0 Å². The minimum absolute atomic E-state index is 0.00845. The third-order valence-corrected chi connectivity index (χ3v) is 4.12. The molecule has 1 aliphatic rings. The molecule has 0 saturated carbocycles. The lowest BCUT2D eigenvalue weighted by Gasteiger charge is -2.20. The first-order valence-electron chi connectivity index (χ1n) is 5.20. The van der Waals surface area contributed by atoms with Crippen molar-refractivity contribution >= 4 is 22.9 Å². The van der Waals surface area contributed by atoms with Gasteiger partial charge in [-0.3, -0.25) is 0 Å². The normalized spacial score (nSPS) is 28.2. The Kier molecular flexibility index (Phi) is 3.67. The molecular weight excluding hydrogens is 232 g/mol. The van der Waals surface area contributed by atoms with Crippen molar-refractivity contribution in [3.8, 4) is 0 Å². The zero-order chi connectivity index (χ0) is 10.8. The number of rotatable bonds is 3. The predicted molar refractivity (Wildman–Crippen MR) is 62.6 cm³/mol. The lowest BCUT2D eigenvalue weighted by atomic mass is 9.97. The third kappa shape index (κ3) is 2.72. The Morgan fingerprint density at radius 2 is 2.47 bits per heavy atom. The first kappa shape index (κ1) is 11.4. The molecule has 1 fully saturated rings. The number of aliphatic hydroxyl groups excluding tert-OH is 1. The monoisotopic (exact) mass is 246 g/mol. The first-order valence-corrected chi connectivity index (χ1v) is 6.40. The van der Waals surface area contributed by atoms with E-state index in [9.17, 15) is 5.11 Å². The third-order valence-electron chi connectivity index (χ3n) is 2.86. The van der Waals surface area contributed by atoms with E-state index in [0.717, 1.165) is 22.2 Å². The molecular formula is C11H15ClO2S. The number of hydrogen-bond acceptors (Lipinski definition) is 3. The van der Waals surface area contributed by atoms with Crippen LogP contribution in [0.3, 0.4) is 0 Å². The van der Waals surface area contributed by atoms with Crippen LogP contribution in [0.5, 0.6) is 0 Å². The van der Waals surface area contributed by atoms with Crippen molar-refractivity contribution in [1.29, 1.82) is 0 Å². The van der Waals surface area contributed by atoms with Crippen LogP contribution in [0.15, 0.2) is 12.1 Å². The van der Waals surface area contributed by atoms with E-state index in [1.807, 2.05) is 12.1 Å². The molecule has 0 aromatic carbocycles. The molecule has 3 unspecified atom stereocenters. The van der Waals surface area contributed by atoms with Crippen LogP contribution in [0, 0.1) is 5.92 Å². The summed E-state index contributed by atoms with van der Waals surface area (Å²) in [5.41, 5.74) is 0. The summed E-state index contributed by atoms with van der Waals surface area (Å²) < 4.78 is 6.30. The second kappa shape index (κ2) is 4.83. The highest BCUT2D eigenvalue weighted by Crippen LogP contribution is 2.27. The molecule has 0 aliphatic carbocycles. The molecule has 2 heterocycles. The molecule has 4 heteroatoms. The number of aliphatic hydroxyl groups is 1. The van der Waals surface area contributed by atoms with E-state index in [2.05, 4.69) is 6.92 Å². The number of hydrogen-bond donors (Lipinski definition) is 1. The van der Waals surface area contributed by atoms with E-state index in [4.69, 9.17) is 16.3 Å². The van der Waals surface area contributed by atoms with Gasteiger partial charge in [0, 0.05) is 17.9 Å². The zero-order valence-electron chi connectivity index (χ0n) is 8.65. The second-order valence-corrected chi connectivity index (χ2v) is 5.88. The smallest absolute Gasteiger partial charge is 0.0931 e. The van der Waals surface area contributed by atoms with E-state index >= 15 is 0 Å². The van der Waals surface area contributed by atoms with Crippen LogP contribution in [0.4, 0.5) is 0 Å². The molecule has 0 bridgehead atoms. The molecule has 0 amide bonds. The van der Waals surface area contributed by atoms with E-state index < -0.39 is 6.10 Å². The van der Waals surface area contributed by atoms with Crippen molar-refractivity contribution in [2.45, 2.75) is 32.0 Å². The molecule has 0 spiro atoms. The van der Waals surface area contributed by atoms with Gasteiger partial charge in [0.25, 0.3) is 0 Å². The maximum absolute atomic E-state index is 10.0. The van der Waals surface area contributed by atoms with Gasteiger partial charge in [-0.15, -0.1) is 11.3 Å². The summed E-state index contributed by atoms with van der Waals surface area (Å²) in [6.45, 7) is 2.90. The Labute approximate surface area is 98.8 Å². The lowest BCUT2D eigenvalue weighted by Crippen LogP contribution is -2.31. The molecule has 15 heavy (non-hydrogen) atoms. The van der Waals surface area contributed by atoms with Gasteiger partial charge >= 0.3 is 0 Å². The predicted octanol–water partition coefficient (Wildman–Crippen LogP) is 2.73. The average Bonchev–Trinajstić information content (AvgIpc) is 2.75. The largest absolute Gasteiger partial charge is 0.390 e. The standard InChI is InChI=1S/C11H15ClO2S/c1-7-4-5-14-11(7)9(13)6-8-2-3-10(12)15-8/h2-3,7,9,11,13H,4-6H2,1H3. The fourth-order valence-electron chi connectivity index (χ4n) is 1.99. The Balaban J connectivity index is 1.94. The van der Waals surface area contributed by atoms with Crippen LogP contribution in [-0.2, 0) is 11.2 Å². The van der Waals surface area contributed by atoms with Gasteiger partial charge in [-0.1, -0.05) is 18.5 Å². The van der Waals surface area contributed by atoms with Gasteiger partial charge in [0.2, 0.25) is 0 Å². The Bertz CT molecular complexity index is 326. The lowest BCUT2D eigenvalue weighted by molar-refractivity contribution is -0.0154. The van der Waals surface area contributed by atoms with E-state index in [1.54, 1.807) is 0 Å². The molecule has 0 radical (unpaired) electrons. The average molecular weight is 247 g/mol. The molecule has 1 saturated heterocycles. The highest BCUT2D eigenvalue weighted by Gasteiger charge is 2.30. The van der Waals surface area contributed by atoms with E-state index in [0.29, 0.717) is 12.3 Å². The van der Waals surface area contributed by atoms with Crippen LogP contribution in [-0.4, -0.2) is 23.9 Å². The Hall–Kier alpha value is -0.0900. The maximum Gasteiger partial charge on any atom is 0.0931 e. The van der Waals surface area contributed by atoms with Crippen molar-refractivity contribution < 1.29 is 9.84 Å². The molecule has 2 rings (SSSR count). The number of halogens is 1. The van der Waals surface area contributed by atoms with Gasteiger partial charge in [-0.05, 0) is 24.5 Å². The second-order valence-electron chi connectivity index (χ2n) is 4.08. The summed E-state index contributed by atoms with van der Waals surface area (Å²) in [4.78, 5) is 1.12. The van der Waals surface area contributed by atoms with Crippen LogP contribution in [0.1, 0.15) is 18.2 Å². The summed E-state index contributed by atoms with van der Waals surface area (Å²) in [5.74, 6) is 0.454. The summed E-state index contributed by atoms with van der Waals surface area (Å²) in [5, 5.41) is 10.0. The van der Waals surface area contributed by atoms with Crippen LogP contribution in [0.2, 0.25) is 4.34 Å². The van der Waals surface area contributed by atoms with Crippen LogP contribution in [0.25, 0.3) is 0 Å². The van der Waals surface area contributed by atoms with Crippen molar-refractivity contribution in [3.05, 3.63) is 21.3 Å². The minimum Gasteiger partial charge on any atom is -0.390 e. The molecule has 3 atom stereocenters. The van der Waals surface area contributed by atoms with Gasteiger partial charge in [0.15, 0.2) is 0 Å². The number of ether oxygens (including phenoxy) is 1. The van der Waals surface area contributed by atoms with Gasteiger partial charge in [-0.2, -0.15) is 0 Å². The van der Waals surface area contributed by atoms with Crippen molar-refractivity contribution in [1.82, 2.24) is 0 Å². The Morgan fingerprint density at radius 3 is 3.00 bits per heavy atom. The molecule has 1 aliphatic heterocycles. The molecule has 84 valence electrons. The van der Waals surface area contributed by atoms with E-state index in [-0.39, 0.29) is 6.10 Å². The van der Waals surface area contributed by atoms with Gasteiger partial charge < -0.3 is 9.84 Å². The van der Waals surface area contributed by atoms with Crippen LogP contribution >= 0.6 is 22.9 Å². The van der Waals surface area contributed by atoms with Gasteiger partial charge in [-0.25, -0.2) is 0 Å². The summed E-state index contributed by atoms with van der Waals surface area (Å²) >= 11 is 7.36. The quantitative estimate of drug-likeness (QED) is 0.889. The first-order chi connectivity index (χ1) is 7.16. The SMILES string of the molecule is CC1CCOC1C(O)Cc1ccc(Cl)s1. The Morgan fingerprint density at radius 1 is 1.67 bits per heavy atom. The zero-order valence-corrected chi connectivity index (χ0v) is 10.2. The van der Waals surface area contributed by atoms with Gasteiger partial charge in [0.1, 0.15) is 0 Å².